The fourth-order valence-electron chi connectivity index (χ4n) is 3.70. The van der Waals surface area contributed by atoms with Crippen LogP contribution in [-0.4, -0.2) is 5.91 Å². The van der Waals surface area contributed by atoms with E-state index in [1.54, 1.807) is 11.3 Å². The fourth-order valence-corrected chi connectivity index (χ4v) is 5.14. The Balaban J connectivity index is 1.63. The maximum absolute atomic E-state index is 12.7. The lowest BCUT2D eigenvalue weighted by atomic mass is 9.88. The number of rotatable bonds is 2. The van der Waals surface area contributed by atoms with Gasteiger partial charge in [0.25, 0.3) is 5.91 Å². The second-order valence-electron chi connectivity index (χ2n) is 7.43. The van der Waals surface area contributed by atoms with E-state index in [0.29, 0.717) is 5.92 Å². The van der Waals surface area contributed by atoms with Crippen molar-refractivity contribution in [1.82, 2.24) is 5.32 Å². The van der Waals surface area contributed by atoms with E-state index >= 15 is 0 Å². The average molecular weight is 340 g/mol. The third kappa shape index (κ3) is 2.63. The maximum atomic E-state index is 12.7. The summed E-state index contributed by atoms with van der Waals surface area (Å²) >= 11 is 1.78. The van der Waals surface area contributed by atoms with Crippen molar-refractivity contribution in [3.63, 3.8) is 0 Å². The van der Waals surface area contributed by atoms with E-state index in [4.69, 9.17) is 0 Å². The van der Waals surface area contributed by atoms with Gasteiger partial charge in [-0.3, -0.25) is 4.79 Å². The molecule has 2 heterocycles. The van der Waals surface area contributed by atoms with Gasteiger partial charge in [-0.05, 0) is 47.8 Å². The Bertz CT molecular complexity index is 776. The summed E-state index contributed by atoms with van der Waals surface area (Å²) in [5.41, 5.74) is 4.61. The normalized spacial score (nSPS) is 22.6. The lowest BCUT2D eigenvalue weighted by molar-refractivity contribution is 0.0935. The SMILES string of the molecule is CC(C)c1ccc([C@@H]2NC(=O)c3c(sc4c3CC[C@@H](C)C4)N2)cc1. The number of fused-ring (bicyclic) bond motifs is 3. The predicted octanol–water partition coefficient (Wildman–Crippen LogP) is 4.85. The van der Waals surface area contributed by atoms with Crippen molar-refractivity contribution in [3.8, 4) is 0 Å². The predicted molar refractivity (Wildman–Crippen MR) is 99.9 cm³/mol. The first-order chi connectivity index (χ1) is 11.5. The number of benzene rings is 1. The molecule has 126 valence electrons. The first kappa shape index (κ1) is 15.7. The minimum absolute atomic E-state index is 0.0775. The number of anilines is 1. The topological polar surface area (TPSA) is 41.1 Å². The molecule has 2 N–H and O–H groups in total. The number of hydrogen-bond donors (Lipinski definition) is 2. The molecule has 0 unspecified atom stereocenters. The molecule has 1 aromatic heterocycles. The van der Waals surface area contributed by atoms with Crippen LogP contribution < -0.4 is 10.6 Å². The molecule has 1 aliphatic carbocycles. The van der Waals surface area contributed by atoms with Crippen LogP contribution in [0.5, 0.6) is 0 Å². The third-order valence-electron chi connectivity index (χ3n) is 5.23. The van der Waals surface area contributed by atoms with Gasteiger partial charge in [0.1, 0.15) is 11.2 Å². The molecule has 0 fully saturated rings. The lowest BCUT2D eigenvalue weighted by Gasteiger charge is -2.27. The maximum Gasteiger partial charge on any atom is 0.256 e. The zero-order valence-electron chi connectivity index (χ0n) is 14.5. The smallest absolute Gasteiger partial charge is 0.256 e. The zero-order chi connectivity index (χ0) is 16.8. The Kier molecular flexibility index (Phi) is 3.87. The molecule has 24 heavy (non-hydrogen) atoms. The summed E-state index contributed by atoms with van der Waals surface area (Å²) in [6.45, 7) is 6.69. The van der Waals surface area contributed by atoms with Crippen LogP contribution in [-0.2, 0) is 12.8 Å². The molecule has 0 saturated heterocycles. The summed E-state index contributed by atoms with van der Waals surface area (Å²) in [6, 6.07) is 8.55. The third-order valence-corrected chi connectivity index (χ3v) is 6.41. The standard InChI is InChI=1S/C20H24N2OS/c1-11(2)13-5-7-14(8-6-13)18-21-19(23)17-15-9-4-12(3)10-16(15)24-20(17)22-18/h5-8,11-12,18,22H,4,9-10H2,1-3H3,(H,21,23)/t12-,18-/m1/s1. The first-order valence-electron chi connectivity index (χ1n) is 8.84. The Hall–Kier alpha value is -1.81. The molecule has 0 saturated carbocycles. The zero-order valence-corrected chi connectivity index (χ0v) is 15.3. The summed E-state index contributed by atoms with van der Waals surface area (Å²) < 4.78 is 0. The van der Waals surface area contributed by atoms with Gasteiger partial charge in [-0.1, -0.05) is 45.0 Å². The highest BCUT2D eigenvalue weighted by atomic mass is 32.1. The number of nitrogens with one attached hydrogen (secondary N) is 2. The van der Waals surface area contributed by atoms with E-state index < -0.39 is 0 Å². The van der Waals surface area contributed by atoms with Crippen molar-refractivity contribution in [1.29, 1.82) is 0 Å². The van der Waals surface area contributed by atoms with E-state index in [2.05, 4.69) is 55.7 Å². The minimum Gasteiger partial charge on any atom is -0.353 e. The van der Waals surface area contributed by atoms with Crippen molar-refractivity contribution in [2.24, 2.45) is 5.92 Å². The first-order valence-corrected chi connectivity index (χ1v) is 9.66. The minimum atomic E-state index is -0.135. The van der Waals surface area contributed by atoms with Crippen molar-refractivity contribution >= 4 is 22.2 Å². The van der Waals surface area contributed by atoms with Gasteiger partial charge in [0, 0.05) is 4.88 Å². The van der Waals surface area contributed by atoms with Gasteiger partial charge in [0.2, 0.25) is 0 Å². The molecule has 3 nitrogen and oxygen atoms in total. The van der Waals surface area contributed by atoms with E-state index in [0.717, 1.165) is 34.9 Å². The van der Waals surface area contributed by atoms with Crippen LogP contribution in [0.2, 0.25) is 0 Å². The summed E-state index contributed by atoms with van der Waals surface area (Å²) in [5.74, 6) is 1.32. The molecular formula is C20H24N2OS. The highest BCUT2D eigenvalue weighted by Gasteiger charge is 2.32. The summed E-state index contributed by atoms with van der Waals surface area (Å²) in [5, 5.41) is 7.74. The molecule has 1 amide bonds. The van der Waals surface area contributed by atoms with Crippen LogP contribution in [0.1, 0.15) is 71.2 Å². The molecule has 0 radical (unpaired) electrons. The quantitative estimate of drug-likeness (QED) is 0.820. The van der Waals surface area contributed by atoms with Crippen LogP contribution in [0.25, 0.3) is 0 Å². The molecule has 4 rings (SSSR count). The van der Waals surface area contributed by atoms with Gasteiger partial charge in [0.15, 0.2) is 0 Å². The molecule has 1 aromatic carbocycles. The summed E-state index contributed by atoms with van der Waals surface area (Å²) in [7, 11) is 0. The highest BCUT2D eigenvalue weighted by Crippen LogP contribution is 2.42. The Morgan fingerprint density at radius 2 is 1.92 bits per heavy atom. The summed E-state index contributed by atoms with van der Waals surface area (Å²) in [4.78, 5) is 14.1. The monoisotopic (exact) mass is 340 g/mol. The number of carbonyl (C=O) groups excluding carboxylic acids is 1. The Morgan fingerprint density at radius 3 is 2.62 bits per heavy atom. The fraction of sp³-hybridized carbons (Fsp3) is 0.450. The van der Waals surface area contributed by atoms with Crippen LogP contribution in [0.4, 0.5) is 5.00 Å². The Labute approximate surface area is 147 Å². The highest BCUT2D eigenvalue weighted by molar-refractivity contribution is 7.16. The Morgan fingerprint density at radius 1 is 1.17 bits per heavy atom. The van der Waals surface area contributed by atoms with Gasteiger partial charge < -0.3 is 10.6 Å². The van der Waals surface area contributed by atoms with E-state index in [-0.39, 0.29) is 12.1 Å². The largest absolute Gasteiger partial charge is 0.353 e. The molecular weight excluding hydrogens is 316 g/mol. The molecule has 2 aliphatic rings. The molecule has 0 bridgehead atoms. The van der Waals surface area contributed by atoms with Crippen LogP contribution in [0.3, 0.4) is 0 Å². The molecule has 0 spiro atoms. The summed E-state index contributed by atoms with van der Waals surface area (Å²) in [6.07, 6.45) is 3.19. The number of thiophene rings is 1. The molecule has 2 atom stereocenters. The molecule has 1 aliphatic heterocycles. The van der Waals surface area contributed by atoms with Gasteiger partial charge in [0.05, 0.1) is 5.56 Å². The number of hydrogen-bond acceptors (Lipinski definition) is 3. The second kappa shape index (κ2) is 5.92. The number of amides is 1. The van der Waals surface area contributed by atoms with E-state index in [1.165, 1.54) is 22.4 Å². The van der Waals surface area contributed by atoms with Crippen LogP contribution in [0.15, 0.2) is 24.3 Å². The van der Waals surface area contributed by atoms with Crippen molar-refractivity contribution < 1.29 is 4.79 Å². The van der Waals surface area contributed by atoms with E-state index in [9.17, 15) is 4.79 Å². The van der Waals surface area contributed by atoms with Gasteiger partial charge in [-0.15, -0.1) is 11.3 Å². The average Bonchev–Trinajstić information content (AvgIpc) is 2.92. The molecule has 4 heteroatoms. The van der Waals surface area contributed by atoms with Gasteiger partial charge >= 0.3 is 0 Å². The van der Waals surface area contributed by atoms with Gasteiger partial charge in [-0.2, -0.15) is 0 Å². The van der Waals surface area contributed by atoms with Crippen LogP contribution in [0, 0.1) is 5.92 Å². The van der Waals surface area contributed by atoms with E-state index in [1.807, 2.05) is 0 Å². The van der Waals surface area contributed by atoms with Gasteiger partial charge in [-0.25, -0.2) is 0 Å². The lowest BCUT2D eigenvalue weighted by Crippen LogP contribution is -2.38. The number of carbonyl (C=O) groups is 1. The van der Waals surface area contributed by atoms with Crippen molar-refractivity contribution in [2.45, 2.75) is 52.1 Å². The molecule has 2 aromatic rings. The second-order valence-corrected chi connectivity index (χ2v) is 8.53. The van der Waals surface area contributed by atoms with Crippen molar-refractivity contribution in [2.75, 3.05) is 5.32 Å². The van der Waals surface area contributed by atoms with Crippen molar-refractivity contribution in [3.05, 3.63) is 51.4 Å². The van der Waals surface area contributed by atoms with Crippen LogP contribution >= 0.6 is 11.3 Å².